The van der Waals surface area contributed by atoms with Gasteiger partial charge in [-0.15, -0.1) is 0 Å². The van der Waals surface area contributed by atoms with Crippen LogP contribution in [0.5, 0.6) is 0 Å². The van der Waals surface area contributed by atoms with Gasteiger partial charge in [0.2, 0.25) is 0 Å². The smallest absolute Gasteiger partial charge is 0.329 e. The van der Waals surface area contributed by atoms with Gasteiger partial charge < -0.3 is 10.1 Å². The van der Waals surface area contributed by atoms with Gasteiger partial charge in [0.15, 0.2) is 0 Å². The minimum Gasteiger partial charge on any atom is -0.467 e. The molecule has 0 saturated carbocycles. The van der Waals surface area contributed by atoms with E-state index in [1.165, 1.54) is 36.1 Å². The Morgan fingerprint density at radius 3 is 2.50 bits per heavy atom. The Balaban J connectivity index is 1.90. The number of nitro benzene ring substituents is 1. The fraction of sp³-hybridized carbons (Fsp3) is 0.136. The molecule has 1 atom stereocenters. The lowest BCUT2D eigenvalue weighted by atomic mass is 10.1. The molecule has 0 aliphatic heterocycles. The number of esters is 1. The number of nitro groups is 1. The Bertz CT molecular complexity index is 1230. The van der Waals surface area contributed by atoms with Gasteiger partial charge >= 0.3 is 5.97 Å². The van der Waals surface area contributed by atoms with Crippen molar-refractivity contribution in [2.75, 3.05) is 12.4 Å². The molecule has 1 amide bonds. The molecule has 164 valence electrons. The largest absolute Gasteiger partial charge is 0.467 e. The first kappa shape index (κ1) is 22.7. The van der Waals surface area contributed by atoms with Gasteiger partial charge in [-0.25, -0.2) is 4.79 Å². The van der Waals surface area contributed by atoms with Crippen molar-refractivity contribution in [3.63, 3.8) is 0 Å². The number of nitrogens with zero attached hydrogens (tertiary/aromatic N) is 2. The number of aromatic nitrogens is 1. The van der Waals surface area contributed by atoms with E-state index in [1.54, 1.807) is 0 Å². The van der Waals surface area contributed by atoms with Crippen molar-refractivity contribution < 1.29 is 19.2 Å². The van der Waals surface area contributed by atoms with Crippen LogP contribution in [0.3, 0.4) is 0 Å². The first-order chi connectivity index (χ1) is 15.3. The summed E-state index contributed by atoms with van der Waals surface area (Å²) in [7, 11) is 1.23. The van der Waals surface area contributed by atoms with Crippen LogP contribution in [0.4, 0.5) is 11.4 Å². The summed E-state index contributed by atoms with van der Waals surface area (Å²) in [6.07, 6.45) is 1.65. The Morgan fingerprint density at radius 2 is 1.88 bits per heavy atom. The molecule has 0 aliphatic rings. The number of hydrogen-bond donors (Lipinski definition) is 1. The summed E-state index contributed by atoms with van der Waals surface area (Å²) in [5.41, 5.74) is -0.171. The highest BCUT2D eigenvalue weighted by Crippen LogP contribution is 2.25. The van der Waals surface area contributed by atoms with Crippen LogP contribution >= 0.6 is 11.6 Å². The number of carbonyl (C=O) groups is 2. The number of benzene rings is 2. The van der Waals surface area contributed by atoms with Gasteiger partial charge in [0.1, 0.15) is 16.8 Å². The highest BCUT2D eigenvalue weighted by atomic mass is 35.5. The van der Waals surface area contributed by atoms with Gasteiger partial charge in [0.05, 0.1) is 12.0 Å². The van der Waals surface area contributed by atoms with E-state index in [2.05, 4.69) is 5.32 Å². The molecular weight excluding hydrogens is 438 g/mol. The molecule has 10 heteroatoms. The molecule has 0 fully saturated rings. The number of halogens is 1. The summed E-state index contributed by atoms with van der Waals surface area (Å²) in [6, 6.07) is 14.6. The molecule has 3 rings (SSSR count). The highest BCUT2D eigenvalue weighted by molar-refractivity contribution is 6.33. The van der Waals surface area contributed by atoms with Crippen molar-refractivity contribution in [1.29, 1.82) is 0 Å². The summed E-state index contributed by atoms with van der Waals surface area (Å²) in [6.45, 7) is 0. The second-order valence-corrected chi connectivity index (χ2v) is 7.15. The molecule has 1 heterocycles. The third kappa shape index (κ3) is 5.01. The van der Waals surface area contributed by atoms with E-state index in [-0.39, 0.29) is 28.4 Å². The first-order valence-corrected chi connectivity index (χ1v) is 9.77. The normalized spacial score (nSPS) is 11.4. The molecule has 2 aromatic carbocycles. The number of hydrogen-bond acceptors (Lipinski definition) is 6. The van der Waals surface area contributed by atoms with Crippen LogP contribution in [0.1, 0.15) is 22.0 Å². The SMILES string of the molecule is COC(=O)C(Cc1ccccc1)n1cccc(NC(=O)c2ccc([N+](=O)[O-])c(Cl)c2)c1=O. The Hall–Kier alpha value is -3.98. The lowest BCUT2D eigenvalue weighted by Gasteiger charge is -2.18. The van der Waals surface area contributed by atoms with Crippen molar-refractivity contribution in [1.82, 2.24) is 4.57 Å². The zero-order valence-corrected chi connectivity index (χ0v) is 17.6. The molecule has 1 unspecified atom stereocenters. The third-order valence-electron chi connectivity index (χ3n) is 4.71. The van der Waals surface area contributed by atoms with Gasteiger partial charge in [0, 0.05) is 24.2 Å². The van der Waals surface area contributed by atoms with Crippen LogP contribution < -0.4 is 10.9 Å². The van der Waals surface area contributed by atoms with Crippen molar-refractivity contribution in [3.8, 4) is 0 Å². The van der Waals surface area contributed by atoms with Gasteiger partial charge in [-0.3, -0.25) is 24.3 Å². The number of anilines is 1. The molecule has 0 bridgehead atoms. The lowest BCUT2D eigenvalue weighted by molar-refractivity contribution is -0.384. The zero-order valence-electron chi connectivity index (χ0n) is 16.9. The van der Waals surface area contributed by atoms with Crippen LogP contribution in [0.2, 0.25) is 5.02 Å². The molecule has 1 aromatic heterocycles. The maximum atomic E-state index is 13.0. The standard InChI is InChI=1S/C22H18ClN3O6/c1-32-22(29)19(12-14-6-3-2-4-7-14)25-11-5-8-17(21(25)28)24-20(27)15-9-10-18(26(30)31)16(23)13-15/h2-11,13,19H,12H2,1H3,(H,24,27). The van der Waals surface area contributed by atoms with Crippen LogP contribution in [0.15, 0.2) is 71.7 Å². The predicted molar refractivity (Wildman–Crippen MR) is 118 cm³/mol. The summed E-state index contributed by atoms with van der Waals surface area (Å²) >= 11 is 5.86. The minimum absolute atomic E-state index is 0.0317. The average Bonchev–Trinajstić information content (AvgIpc) is 2.79. The molecule has 0 aliphatic carbocycles. The summed E-state index contributed by atoms with van der Waals surface area (Å²) in [4.78, 5) is 48.2. The van der Waals surface area contributed by atoms with E-state index >= 15 is 0 Å². The first-order valence-electron chi connectivity index (χ1n) is 9.40. The maximum Gasteiger partial charge on any atom is 0.329 e. The summed E-state index contributed by atoms with van der Waals surface area (Å²) in [5.74, 6) is -1.30. The molecule has 3 aromatic rings. The van der Waals surface area contributed by atoms with Crippen molar-refractivity contribution in [3.05, 3.63) is 103 Å². The van der Waals surface area contributed by atoms with Gasteiger partial charge in [-0.1, -0.05) is 41.9 Å². The minimum atomic E-state index is -0.944. The maximum absolute atomic E-state index is 13.0. The number of nitrogens with one attached hydrogen (secondary N) is 1. The Kier molecular flexibility index (Phi) is 7.01. The van der Waals surface area contributed by atoms with Crippen molar-refractivity contribution in [2.45, 2.75) is 12.5 Å². The van der Waals surface area contributed by atoms with E-state index in [1.807, 2.05) is 30.3 Å². The van der Waals surface area contributed by atoms with E-state index < -0.39 is 28.4 Å². The van der Waals surface area contributed by atoms with Crippen molar-refractivity contribution >= 4 is 34.9 Å². The summed E-state index contributed by atoms with van der Waals surface area (Å²) < 4.78 is 6.06. The second kappa shape index (κ2) is 9.88. The number of amides is 1. The Labute approximate surface area is 187 Å². The number of ether oxygens (including phenoxy) is 1. The molecule has 1 N–H and O–H groups in total. The third-order valence-corrected chi connectivity index (χ3v) is 5.01. The molecular formula is C22H18ClN3O6. The monoisotopic (exact) mass is 455 g/mol. The van der Waals surface area contributed by atoms with E-state index in [9.17, 15) is 24.5 Å². The van der Waals surface area contributed by atoms with Crippen LogP contribution in [0, 0.1) is 10.1 Å². The fourth-order valence-electron chi connectivity index (χ4n) is 3.11. The quantitative estimate of drug-likeness (QED) is 0.330. The second-order valence-electron chi connectivity index (χ2n) is 6.74. The Morgan fingerprint density at radius 1 is 1.16 bits per heavy atom. The molecule has 0 radical (unpaired) electrons. The number of methoxy groups -OCH3 is 1. The number of pyridine rings is 1. The molecule has 32 heavy (non-hydrogen) atoms. The number of rotatable bonds is 7. The van der Waals surface area contributed by atoms with E-state index in [0.29, 0.717) is 0 Å². The van der Waals surface area contributed by atoms with Crippen LogP contribution in [-0.4, -0.2) is 28.5 Å². The fourth-order valence-corrected chi connectivity index (χ4v) is 3.36. The van der Waals surface area contributed by atoms with E-state index in [0.717, 1.165) is 17.7 Å². The van der Waals surface area contributed by atoms with Crippen LogP contribution in [-0.2, 0) is 16.0 Å². The van der Waals surface area contributed by atoms with E-state index in [4.69, 9.17) is 16.3 Å². The van der Waals surface area contributed by atoms with Gasteiger partial charge in [0.25, 0.3) is 17.2 Å². The van der Waals surface area contributed by atoms with Crippen molar-refractivity contribution in [2.24, 2.45) is 0 Å². The zero-order chi connectivity index (χ0) is 23.3. The number of carbonyl (C=O) groups excluding carboxylic acids is 2. The highest BCUT2D eigenvalue weighted by Gasteiger charge is 2.24. The summed E-state index contributed by atoms with van der Waals surface area (Å²) in [5, 5.41) is 13.1. The molecule has 9 nitrogen and oxygen atoms in total. The predicted octanol–water partition coefficient (Wildman–Crippen LogP) is 3.62. The lowest BCUT2D eigenvalue weighted by Crippen LogP contribution is -2.33. The van der Waals surface area contributed by atoms with Gasteiger partial charge in [-0.05, 0) is 29.8 Å². The average molecular weight is 456 g/mol. The van der Waals surface area contributed by atoms with Gasteiger partial charge in [-0.2, -0.15) is 0 Å². The molecule has 0 spiro atoms. The van der Waals surface area contributed by atoms with Crippen LogP contribution in [0.25, 0.3) is 0 Å². The molecule has 0 saturated heterocycles. The topological polar surface area (TPSA) is 121 Å².